The Kier molecular flexibility index (Phi) is 14.2. The summed E-state index contributed by atoms with van der Waals surface area (Å²) in [6.45, 7) is 0.751. The fourth-order valence-corrected chi connectivity index (χ4v) is 21.6. The van der Waals surface area contributed by atoms with Crippen molar-refractivity contribution in [2.75, 3.05) is 26.9 Å². The summed E-state index contributed by atoms with van der Waals surface area (Å²) in [5.41, 5.74) is 12.2. The van der Waals surface area contributed by atoms with Crippen LogP contribution < -0.4 is 10.4 Å². The van der Waals surface area contributed by atoms with E-state index in [1.807, 2.05) is 12.1 Å². The van der Waals surface area contributed by atoms with Crippen LogP contribution >= 0.6 is 0 Å². The van der Waals surface area contributed by atoms with Crippen LogP contribution in [0.15, 0.2) is 154 Å². The van der Waals surface area contributed by atoms with Gasteiger partial charge in [0.2, 0.25) is 0 Å². The molecular formula is C81H82O11. The Balaban J connectivity index is 0.887. The van der Waals surface area contributed by atoms with E-state index in [2.05, 4.69) is 134 Å². The Bertz CT molecular complexity index is 4250. The summed E-state index contributed by atoms with van der Waals surface area (Å²) in [7, 11) is 1.53. The van der Waals surface area contributed by atoms with E-state index < -0.39 is 53.3 Å². The molecule has 3 N–H and O–H groups in total. The van der Waals surface area contributed by atoms with E-state index >= 15 is 9.59 Å². The molecule has 0 unspecified atom stereocenters. The molecule has 1 aromatic heterocycles. The molecule has 1 saturated heterocycles. The highest BCUT2D eigenvalue weighted by Crippen LogP contribution is 2.71. The summed E-state index contributed by atoms with van der Waals surface area (Å²) in [6, 6.07) is 35.7. The monoisotopic (exact) mass is 1230 g/mol. The maximum absolute atomic E-state index is 16.3. The van der Waals surface area contributed by atoms with Crippen LogP contribution in [0.2, 0.25) is 0 Å². The minimum atomic E-state index is -1.38. The molecule has 2 saturated carbocycles. The summed E-state index contributed by atoms with van der Waals surface area (Å²) in [5.74, 6) is -0.936. The first kappa shape index (κ1) is 58.4. The molecule has 5 aromatic carbocycles. The predicted octanol–water partition coefficient (Wildman–Crippen LogP) is 14.7. The minimum absolute atomic E-state index is 0.00839. The Morgan fingerprint density at radius 1 is 0.772 bits per heavy atom. The van der Waals surface area contributed by atoms with Crippen molar-refractivity contribution in [2.45, 2.75) is 162 Å². The van der Waals surface area contributed by atoms with Crippen LogP contribution in [0.3, 0.4) is 0 Å². The van der Waals surface area contributed by atoms with Gasteiger partial charge in [-0.05, 0) is 198 Å². The van der Waals surface area contributed by atoms with Crippen LogP contribution in [-0.2, 0) is 42.2 Å². The standard InChI is InChI=1S/C81H82O11/c1-45(42-83)62-37-50-18-19-51-41-79-33-9-34-80(70(79)40-64-57-14-5-3-10-46(57)23-30-67(64)79)76(91-77(62)86)75(73-69(92-80)31-29-61-65(43-84)72(78(87)90-74(61)73)52(32-35-82)44-88-2)89-71(85)39-53-36-48(21-26-56(53)49-22-27-59(50)63(51)38-49)58-15-8-17-68-60(58)28-25-55-13-7-12-54-24-20-47-11-4-6-16-66(47)81(54,55)68/h3-6,8-11,14-17,20-24,26-27,29-31,33,38,48,50-56,64,67,70,75-76,82-84H,7,12-13,18-19,25,28,32,34-37,39-44H2,1-2H3/b62-45-/t48-,50-,51+,52-,53+,54+,55+,56-,64+,67+,70+,75-,76+,79+,80+,81+/m1/s1. The number of fused-ring (bicyclic) bond motifs is 16. The molecule has 472 valence electrons. The average molecular weight is 1230 g/mol. The number of benzene rings is 5. The van der Waals surface area contributed by atoms with Gasteiger partial charge in [0, 0.05) is 77.6 Å². The maximum Gasteiger partial charge on any atom is 0.340 e. The minimum Gasteiger partial charge on any atom is -0.482 e. The largest absolute Gasteiger partial charge is 0.482 e. The zero-order valence-electron chi connectivity index (χ0n) is 52.7. The number of ether oxygens (including phenoxy) is 4. The molecule has 92 heavy (non-hydrogen) atoms. The molecule has 6 aromatic rings. The second kappa shape index (κ2) is 22.4. The van der Waals surface area contributed by atoms with E-state index in [1.165, 1.54) is 70.0 Å². The summed E-state index contributed by atoms with van der Waals surface area (Å²) < 4.78 is 34.8. The quantitative estimate of drug-likeness (QED) is 0.0576. The molecule has 16 atom stereocenters. The number of allylic oxidation sites excluding steroid dienone is 5. The average Bonchev–Trinajstić information content (AvgIpc) is 1.27. The van der Waals surface area contributed by atoms with Crippen LogP contribution in [0, 0.1) is 35.0 Å². The third kappa shape index (κ3) is 8.55. The molecule has 3 fully saturated rings. The number of carbonyl (C=O) groups is 2. The van der Waals surface area contributed by atoms with Gasteiger partial charge in [-0.2, -0.15) is 0 Å². The first-order chi connectivity index (χ1) is 45.0. The Morgan fingerprint density at radius 2 is 1.60 bits per heavy atom. The van der Waals surface area contributed by atoms with Crippen molar-refractivity contribution < 1.29 is 48.3 Å². The SMILES string of the molecule is COC[C@@H](CCO)c1c(CO)c2ccc3c(c2oc1=O)[C@H]1OC(=O)C[C@@H]2C[C@H](c4cccc5c4CC[C@@H]4CCC[C@H]6C=Cc7ccccc7[C@@]546)C=C[C@@H]2c2ccc4c(c2)[C@H]2CC[C@@H]4C/C(=C(\C)CO)C(=O)O[C@@H]1[C@@]1(CC=C[C@]4(C2)[C@H]2C=Cc5ccccc5[C@@H]2C[C@@H]41)O3. The summed E-state index contributed by atoms with van der Waals surface area (Å²) in [6.07, 6.45) is 27.0. The van der Waals surface area contributed by atoms with Gasteiger partial charge in [0.1, 0.15) is 11.3 Å². The number of esters is 2. The zero-order valence-corrected chi connectivity index (χ0v) is 52.7. The normalized spacial score (nSPS) is 34.0. The van der Waals surface area contributed by atoms with E-state index in [0.29, 0.717) is 65.4 Å². The van der Waals surface area contributed by atoms with Crippen LogP contribution in [-0.4, -0.2) is 65.9 Å². The third-order valence-corrected chi connectivity index (χ3v) is 25.3. The van der Waals surface area contributed by atoms with Crippen molar-refractivity contribution in [2.24, 2.45) is 35.0 Å². The molecule has 5 heterocycles. The Labute approximate surface area is 537 Å². The highest BCUT2D eigenvalue weighted by Gasteiger charge is 2.70. The number of hydrogen-bond acceptors (Lipinski definition) is 11. The number of hydrogen-bond donors (Lipinski definition) is 3. The second-order valence-corrected chi connectivity index (χ2v) is 29.2. The van der Waals surface area contributed by atoms with Crippen molar-refractivity contribution in [3.8, 4) is 5.75 Å². The lowest BCUT2D eigenvalue weighted by Crippen LogP contribution is -2.64. The van der Waals surface area contributed by atoms with Gasteiger partial charge < -0.3 is 38.7 Å². The molecule has 4 aliphatic heterocycles. The lowest BCUT2D eigenvalue weighted by atomic mass is 9.48. The second-order valence-electron chi connectivity index (χ2n) is 29.2. The number of methoxy groups -OCH3 is 1. The smallest absolute Gasteiger partial charge is 0.340 e. The summed E-state index contributed by atoms with van der Waals surface area (Å²) in [4.78, 5) is 47.3. The molecule has 2 spiro atoms. The molecule has 0 amide bonds. The van der Waals surface area contributed by atoms with Gasteiger partial charge in [-0.15, -0.1) is 0 Å². The van der Waals surface area contributed by atoms with E-state index in [-0.39, 0.29) is 102 Å². The van der Waals surface area contributed by atoms with Crippen molar-refractivity contribution >= 4 is 35.1 Å². The first-order valence-electron chi connectivity index (χ1n) is 34.4. The lowest BCUT2D eigenvalue weighted by molar-refractivity contribution is -0.210. The Hall–Kier alpha value is -7.41. The summed E-state index contributed by atoms with van der Waals surface area (Å²) in [5, 5.41) is 33.3. The summed E-state index contributed by atoms with van der Waals surface area (Å²) >= 11 is 0. The van der Waals surface area contributed by atoms with Gasteiger partial charge in [0.15, 0.2) is 17.8 Å². The fraction of sp³-hybridized carbons (Fsp3) is 0.444. The molecule has 0 radical (unpaired) electrons. The van der Waals surface area contributed by atoms with E-state index in [9.17, 15) is 20.1 Å². The molecule has 18 rings (SSSR count). The molecule has 8 aliphatic carbocycles. The van der Waals surface area contributed by atoms with Gasteiger partial charge in [-0.1, -0.05) is 140 Å². The fourth-order valence-electron chi connectivity index (χ4n) is 21.6. The van der Waals surface area contributed by atoms with Crippen LogP contribution in [0.1, 0.15) is 204 Å². The maximum atomic E-state index is 16.3. The first-order valence-corrected chi connectivity index (χ1v) is 34.4. The van der Waals surface area contributed by atoms with Gasteiger partial charge in [0.05, 0.1) is 25.4 Å². The number of aliphatic hydroxyl groups excluding tert-OH is 3. The zero-order chi connectivity index (χ0) is 62.4. The van der Waals surface area contributed by atoms with Crippen molar-refractivity contribution in [3.63, 3.8) is 0 Å². The van der Waals surface area contributed by atoms with Gasteiger partial charge in [-0.3, -0.25) is 4.79 Å². The third-order valence-electron chi connectivity index (χ3n) is 25.3. The van der Waals surface area contributed by atoms with Crippen LogP contribution in [0.25, 0.3) is 23.1 Å². The predicted molar refractivity (Wildman–Crippen MR) is 352 cm³/mol. The molecule has 12 aliphatic rings. The van der Waals surface area contributed by atoms with E-state index in [4.69, 9.17) is 23.4 Å². The van der Waals surface area contributed by atoms with Crippen LogP contribution in [0.5, 0.6) is 5.75 Å². The molecule has 8 bridgehead atoms. The number of aliphatic hydroxyl groups is 3. The van der Waals surface area contributed by atoms with Gasteiger partial charge >= 0.3 is 17.6 Å². The Morgan fingerprint density at radius 3 is 2.46 bits per heavy atom. The van der Waals surface area contributed by atoms with Crippen LogP contribution in [0.4, 0.5) is 0 Å². The van der Waals surface area contributed by atoms with Crippen molar-refractivity contribution in [1.82, 2.24) is 0 Å². The van der Waals surface area contributed by atoms with E-state index in [1.54, 1.807) is 6.92 Å². The highest BCUT2D eigenvalue weighted by atomic mass is 16.6. The van der Waals surface area contributed by atoms with E-state index in [0.717, 1.165) is 44.1 Å². The number of carbonyl (C=O) groups excluding carboxylic acids is 2. The molecular weight excluding hydrogens is 1150 g/mol. The van der Waals surface area contributed by atoms with Gasteiger partial charge in [0.25, 0.3) is 0 Å². The highest BCUT2D eigenvalue weighted by molar-refractivity contribution is 5.91. The number of rotatable bonds is 8. The molecule has 11 heteroatoms. The topological polar surface area (TPSA) is 162 Å². The van der Waals surface area contributed by atoms with Crippen molar-refractivity contribution in [3.05, 3.63) is 227 Å². The van der Waals surface area contributed by atoms with Gasteiger partial charge in [-0.25, -0.2) is 9.59 Å². The molecule has 11 nitrogen and oxygen atoms in total. The van der Waals surface area contributed by atoms with Crippen molar-refractivity contribution in [1.29, 1.82) is 0 Å². The lowest BCUT2D eigenvalue weighted by Gasteiger charge is -2.56.